The SMILES string of the molecule is CCC(C(=O)NC1CCCC1)N(Cc1cccc(C)c1)C(=O)COc1ccc(C)c(C)c1. The second-order valence-electron chi connectivity index (χ2n) is 8.96. The van der Waals surface area contributed by atoms with Crippen LogP contribution < -0.4 is 10.1 Å². The van der Waals surface area contributed by atoms with E-state index in [1.807, 2.05) is 64.1 Å². The first-order chi connectivity index (χ1) is 15.4. The summed E-state index contributed by atoms with van der Waals surface area (Å²) in [5.41, 5.74) is 4.44. The van der Waals surface area contributed by atoms with Crippen molar-refractivity contribution >= 4 is 11.8 Å². The number of carbonyl (C=O) groups excluding carboxylic acids is 2. The van der Waals surface area contributed by atoms with Gasteiger partial charge in [0.2, 0.25) is 5.91 Å². The van der Waals surface area contributed by atoms with Crippen molar-refractivity contribution in [3.05, 3.63) is 64.7 Å². The lowest BCUT2D eigenvalue weighted by Gasteiger charge is -2.31. The monoisotopic (exact) mass is 436 g/mol. The van der Waals surface area contributed by atoms with Gasteiger partial charge < -0.3 is 15.0 Å². The van der Waals surface area contributed by atoms with Crippen LogP contribution in [0.4, 0.5) is 0 Å². The Morgan fingerprint density at radius 2 is 1.81 bits per heavy atom. The lowest BCUT2D eigenvalue weighted by molar-refractivity contribution is -0.143. The number of aryl methyl sites for hydroxylation is 3. The Kier molecular flexibility index (Phi) is 8.32. The highest BCUT2D eigenvalue weighted by atomic mass is 16.5. The van der Waals surface area contributed by atoms with Crippen molar-refractivity contribution in [2.45, 2.75) is 78.4 Å². The molecule has 1 aliphatic carbocycles. The number of ether oxygens (including phenoxy) is 1. The molecule has 1 N–H and O–H groups in total. The first kappa shape index (κ1) is 23.8. The zero-order valence-corrected chi connectivity index (χ0v) is 19.8. The topological polar surface area (TPSA) is 58.6 Å². The molecule has 0 spiro atoms. The Morgan fingerprint density at radius 3 is 2.47 bits per heavy atom. The average Bonchev–Trinajstić information content (AvgIpc) is 3.27. The molecule has 32 heavy (non-hydrogen) atoms. The maximum Gasteiger partial charge on any atom is 0.261 e. The average molecular weight is 437 g/mol. The third-order valence-corrected chi connectivity index (χ3v) is 6.36. The molecule has 172 valence electrons. The molecule has 1 unspecified atom stereocenters. The second-order valence-corrected chi connectivity index (χ2v) is 8.96. The third-order valence-electron chi connectivity index (χ3n) is 6.36. The lowest BCUT2D eigenvalue weighted by Crippen LogP contribution is -2.52. The fourth-order valence-electron chi connectivity index (χ4n) is 4.33. The number of hydrogen-bond donors (Lipinski definition) is 1. The molecule has 0 heterocycles. The van der Waals surface area contributed by atoms with Gasteiger partial charge in [0, 0.05) is 12.6 Å². The Labute approximate surface area is 192 Å². The highest BCUT2D eigenvalue weighted by Gasteiger charge is 2.30. The summed E-state index contributed by atoms with van der Waals surface area (Å²) < 4.78 is 5.83. The van der Waals surface area contributed by atoms with Gasteiger partial charge in [-0.2, -0.15) is 0 Å². The molecule has 5 nitrogen and oxygen atoms in total. The Morgan fingerprint density at radius 1 is 1.06 bits per heavy atom. The largest absolute Gasteiger partial charge is 0.484 e. The van der Waals surface area contributed by atoms with Crippen LogP contribution in [0.15, 0.2) is 42.5 Å². The summed E-state index contributed by atoms with van der Waals surface area (Å²) in [6, 6.07) is 13.6. The van der Waals surface area contributed by atoms with Crippen LogP contribution in [0, 0.1) is 20.8 Å². The van der Waals surface area contributed by atoms with E-state index in [0.29, 0.717) is 18.7 Å². The summed E-state index contributed by atoms with van der Waals surface area (Å²) in [4.78, 5) is 28.1. The van der Waals surface area contributed by atoms with E-state index in [1.54, 1.807) is 4.90 Å². The molecule has 0 aromatic heterocycles. The highest BCUT2D eigenvalue weighted by molar-refractivity contribution is 5.88. The van der Waals surface area contributed by atoms with E-state index in [-0.39, 0.29) is 24.5 Å². The number of carbonyl (C=O) groups is 2. The minimum absolute atomic E-state index is 0.0633. The van der Waals surface area contributed by atoms with Crippen LogP contribution in [0.2, 0.25) is 0 Å². The molecular formula is C27H36N2O3. The fraction of sp³-hybridized carbons (Fsp3) is 0.481. The molecule has 1 fully saturated rings. The van der Waals surface area contributed by atoms with Crippen LogP contribution in [0.3, 0.4) is 0 Å². The van der Waals surface area contributed by atoms with Crippen LogP contribution in [-0.2, 0) is 16.1 Å². The minimum atomic E-state index is -0.521. The number of nitrogens with zero attached hydrogens (tertiary/aromatic N) is 1. The quantitative estimate of drug-likeness (QED) is 0.611. The number of benzene rings is 2. The standard InChI is InChI=1S/C27H36N2O3/c1-5-25(27(31)28-23-11-6-7-12-23)29(17-22-10-8-9-19(2)15-22)26(30)18-32-24-14-13-20(3)21(4)16-24/h8-10,13-16,23,25H,5-7,11-12,17-18H2,1-4H3,(H,28,31). The van der Waals surface area contributed by atoms with E-state index in [4.69, 9.17) is 4.74 Å². The van der Waals surface area contributed by atoms with Gasteiger partial charge in [-0.15, -0.1) is 0 Å². The van der Waals surface area contributed by atoms with Crippen molar-refractivity contribution in [1.82, 2.24) is 10.2 Å². The number of nitrogens with one attached hydrogen (secondary N) is 1. The number of rotatable bonds is 9. The highest BCUT2D eigenvalue weighted by Crippen LogP contribution is 2.20. The van der Waals surface area contributed by atoms with Crippen molar-refractivity contribution < 1.29 is 14.3 Å². The van der Waals surface area contributed by atoms with Crippen LogP contribution in [0.5, 0.6) is 5.75 Å². The summed E-state index contributed by atoms with van der Waals surface area (Å²) in [6.07, 6.45) is 4.89. The summed E-state index contributed by atoms with van der Waals surface area (Å²) in [5, 5.41) is 3.18. The maximum atomic E-state index is 13.3. The van der Waals surface area contributed by atoms with Crippen LogP contribution >= 0.6 is 0 Å². The van der Waals surface area contributed by atoms with Crippen molar-refractivity contribution in [2.24, 2.45) is 0 Å². The molecule has 1 saturated carbocycles. The zero-order valence-electron chi connectivity index (χ0n) is 19.8. The van der Waals surface area contributed by atoms with E-state index in [1.165, 1.54) is 5.56 Å². The fourth-order valence-corrected chi connectivity index (χ4v) is 4.33. The van der Waals surface area contributed by atoms with Crippen LogP contribution in [0.1, 0.15) is 61.3 Å². The molecule has 0 aliphatic heterocycles. The summed E-state index contributed by atoms with van der Waals surface area (Å²) >= 11 is 0. The molecule has 2 aromatic carbocycles. The van der Waals surface area contributed by atoms with Gasteiger partial charge in [0.25, 0.3) is 5.91 Å². The minimum Gasteiger partial charge on any atom is -0.484 e. The van der Waals surface area contributed by atoms with Crippen molar-refractivity contribution in [3.8, 4) is 5.75 Å². The smallest absolute Gasteiger partial charge is 0.261 e. The van der Waals surface area contributed by atoms with Gasteiger partial charge >= 0.3 is 0 Å². The molecule has 2 aromatic rings. The van der Waals surface area contributed by atoms with E-state index < -0.39 is 6.04 Å². The lowest BCUT2D eigenvalue weighted by atomic mass is 10.1. The first-order valence-electron chi connectivity index (χ1n) is 11.7. The van der Waals surface area contributed by atoms with E-state index in [9.17, 15) is 9.59 Å². The first-order valence-corrected chi connectivity index (χ1v) is 11.7. The zero-order chi connectivity index (χ0) is 23.1. The van der Waals surface area contributed by atoms with Gasteiger partial charge in [-0.05, 0) is 68.9 Å². The summed E-state index contributed by atoms with van der Waals surface area (Å²) in [7, 11) is 0. The van der Waals surface area contributed by atoms with Crippen molar-refractivity contribution in [2.75, 3.05) is 6.61 Å². The van der Waals surface area contributed by atoms with Gasteiger partial charge in [-0.1, -0.05) is 55.7 Å². The summed E-state index contributed by atoms with van der Waals surface area (Å²) in [5.74, 6) is 0.421. The van der Waals surface area contributed by atoms with Gasteiger partial charge in [0.05, 0.1) is 0 Å². The Bertz CT molecular complexity index is 934. The maximum absolute atomic E-state index is 13.3. The molecular weight excluding hydrogens is 400 g/mol. The van der Waals surface area contributed by atoms with Crippen LogP contribution in [0.25, 0.3) is 0 Å². The Balaban J connectivity index is 1.76. The molecule has 0 bridgehead atoms. The summed E-state index contributed by atoms with van der Waals surface area (Å²) in [6.45, 7) is 8.34. The second kappa shape index (κ2) is 11.2. The molecule has 0 radical (unpaired) electrons. The van der Waals surface area contributed by atoms with E-state index in [0.717, 1.165) is 42.4 Å². The predicted octanol–water partition coefficient (Wildman–Crippen LogP) is 4.86. The van der Waals surface area contributed by atoms with E-state index in [2.05, 4.69) is 11.4 Å². The predicted molar refractivity (Wildman–Crippen MR) is 128 cm³/mol. The Hall–Kier alpha value is -2.82. The number of hydrogen-bond acceptors (Lipinski definition) is 3. The van der Waals surface area contributed by atoms with Gasteiger partial charge in [-0.25, -0.2) is 0 Å². The van der Waals surface area contributed by atoms with Crippen molar-refractivity contribution in [3.63, 3.8) is 0 Å². The third kappa shape index (κ3) is 6.35. The van der Waals surface area contributed by atoms with Gasteiger partial charge in [-0.3, -0.25) is 9.59 Å². The van der Waals surface area contributed by atoms with E-state index >= 15 is 0 Å². The van der Waals surface area contributed by atoms with Gasteiger partial charge in [0.15, 0.2) is 6.61 Å². The number of amides is 2. The van der Waals surface area contributed by atoms with Gasteiger partial charge in [0.1, 0.15) is 11.8 Å². The molecule has 1 aliphatic rings. The molecule has 2 amide bonds. The normalized spacial score (nSPS) is 14.8. The molecule has 0 saturated heterocycles. The molecule has 1 atom stereocenters. The molecule has 3 rings (SSSR count). The van der Waals surface area contributed by atoms with Crippen molar-refractivity contribution in [1.29, 1.82) is 0 Å². The molecule has 5 heteroatoms. The van der Waals surface area contributed by atoms with Crippen LogP contribution in [-0.4, -0.2) is 35.4 Å².